The first-order valence-electron chi connectivity index (χ1n) is 6.76. The van der Waals surface area contributed by atoms with Crippen molar-refractivity contribution in [2.75, 3.05) is 20.2 Å². The van der Waals surface area contributed by atoms with Gasteiger partial charge in [0.15, 0.2) is 0 Å². The molecule has 5 heteroatoms. The van der Waals surface area contributed by atoms with Gasteiger partial charge in [0.2, 0.25) is 5.91 Å². The van der Waals surface area contributed by atoms with E-state index in [2.05, 4.69) is 11.9 Å². The van der Waals surface area contributed by atoms with E-state index in [1.165, 1.54) is 11.0 Å². The van der Waals surface area contributed by atoms with Crippen molar-refractivity contribution in [2.45, 2.75) is 38.8 Å². The molecule has 0 aromatic heterocycles. The molecule has 0 spiro atoms. The number of nitrogens with one attached hydrogen (secondary N) is 1. The Balaban J connectivity index is 2.71. The van der Waals surface area contributed by atoms with Gasteiger partial charge in [0.1, 0.15) is 12.6 Å². The summed E-state index contributed by atoms with van der Waals surface area (Å²) in [6, 6.07) is -0.715. The maximum absolute atomic E-state index is 12.3. The fourth-order valence-electron chi connectivity index (χ4n) is 2.38. The van der Waals surface area contributed by atoms with Gasteiger partial charge < -0.3 is 15.0 Å². The number of likely N-dealkylation sites (N-methyl/N-ethyl adjacent to an activating group) is 1. The summed E-state index contributed by atoms with van der Waals surface area (Å²) >= 11 is 0. The van der Waals surface area contributed by atoms with Crippen molar-refractivity contribution < 1.29 is 14.3 Å². The summed E-state index contributed by atoms with van der Waals surface area (Å²) < 4.78 is 5.08. The summed E-state index contributed by atoms with van der Waals surface area (Å²) in [5.74, 6) is -0.400. The minimum absolute atomic E-state index is 0.00710. The molecule has 1 N–H and O–H groups in total. The number of hydrogen-bond acceptors (Lipinski definition) is 4. The lowest BCUT2D eigenvalue weighted by Gasteiger charge is -2.31. The molecule has 0 aromatic carbocycles. The van der Waals surface area contributed by atoms with Crippen LogP contribution in [0.4, 0.5) is 0 Å². The van der Waals surface area contributed by atoms with Crippen LogP contribution in [-0.2, 0) is 14.3 Å². The maximum Gasteiger partial charge on any atom is 0.329 e. The number of hydrogen-bond donors (Lipinski definition) is 1. The van der Waals surface area contributed by atoms with Crippen molar-refractivity contribution in [3.05, 3.63) is 12.7 Å². The number of carbonyl (C=O) groups excluding carboxylic acids is 2. The molecule has 0 aliphatic carbocycles. The highest BCUT2D eigenvalue weighted by molar-refractivity contribution is 5.87. The summed E-state index contributed by atoms with van der Waals surface area (Å²) in [6.07, 6.45) is 3.35. The largest absolute Gasteiger partial charge is 0.460 e. The lowest BCUT2D eigenvalue weighted by Crippen LogP contribution is -2.51. The Morgan fingerprint density at radius 3 is 2.68 bits per heavy atom. The van der Waals surface area contributed by atoms with Crippen LogP contribution in [0, 0.1) is 5.92 Å². The number of carbonyl (C=O) groups is 2. The van der Waals surface area contributed by atoms with E-state index >= 15 is 0 Å². The molecule has 1 aliphatic heterocycles. The van der Waals surface area contributed by atoms with Gasteiger partial charge in [-0.3, -0.25) is 4.79 Å². The van der Waals surface area contributed by atoms with Crippen molar-refractivity contribution in [2.24, 2.45) is 5.92 Å². The Labute approximate surface area is 115 Å². The van der Waals surface area contributed by atoms with Crippen molar-refractivity contribution in [3.8, 4) is 0 Å². The fourth-order valence-corrected chi connectivity index (χ4v) is 2.38. The van der Waals surface area contributed by atoms with Gasteiger partial charge in [0, 0.05) is 7.05 Å². The first kappa shape index (κ1) is 15.7. The summed E-state index contributed by atoms with van der Waals surface area (Å²) in [5.41, 5.74) is 0. The maximum atomic E-state index is 12.3. The summed E-state index contributed by atoms with van der Waals surface area (Å²) in [5, 5.41) is 3.15. The Morgan fingerprint density at radius 2 is 2.21 bits per heavy atom. The van der Waals surface area contributed by atoms with Gasteiger partial charge in [-0.25, -0.2) is 4.79 Å². The van der Waals surface area contributed by atoms with Gasteiger partial charge in [-0.2, -0.15) is 0 Å². The predicted molar refractivity (Wildman–Crippen MR) is 73.6 cm³/mol. The van der Waals surface area contributed by atoms with Crippen LogP contribution in [0.15, 0.2) is 12.7 Å². The molecule has 0 saturated carbocycles. The fraction of sp³-hybridized carbons (Fsp3) is 0.714. The van der Waals surface area contributed by atoms with E-state index in [1.807, 2.05) is 13.8 Å². The SMILES string of the molecule is C=CCOC(=O)[C@H](C(C)C)N(C)C(=O)[C@@H]1CCCN1. The number of rotatable bonds is 6. The lowest BCUT2D eigenvalue weighted by atomic mass is 10.0. The zero-order valence-corrected chi connectivity index (χ0v) is 12.0. The molecular formula is C14H24N2O3. The summed E-state index contributed by atoms with van der Waals surface area (Å²) in [7, 11) is 1.67. The number of amides is 1. The number of esters is 1. The van der Waals surface area contributed by atoms with Crippen LogP contribution >= 0.6 is 0 Å². The Bertz CT molecular complexity index is 336. The first-order chi connectivity index (χ1) is 8.99. The molecule has 2 atom stereocenters. The average molecular weight is 268 g/mol. The highest BCUT2D eigenvalue weighted by atomic mass is 16.5. The molecule has 5 nitrogen and oxygen atoms in total. The molecule has 1 aliphatic rings. The normalized spacial score (nSPS) is 20.1. The smallest absolute Gasteiger partial charge is 0.329 e. The van der Waals surface area contributed by atoms with Gasteiger partial charge in [0.05, 0.1) is 6.04 Å². The van der Waals surface area contributed by atoms with Crippen molar-refractivity contribution in [3.63, 3.8) is 0 Å². The van der Waals surface area contributed by atoms with E-state index in [9.17, 15) is 9.59 Å². The van der Waals surface area contributed by atoms with Gasteiger partial charge in [-0.05, 0) is 25.3 Å². The van der Waals surface area contributed by atoms with Crippen LogP contribution < -0.4 is 5.32 Å². The second-order valence-corrected chi connectivity index (χ2v) is 5.21. The third kappa shape index (κ3) is 4.06. The monoisotopic (exact) mass is 268 g/mol. The van der Waals surface area contributed by atoms with Crippen LogP contribution in [0.5, 0.6) is 0 Å². The van der Waals surface area contributed by atoms with Crippen molar-refractivity contribution >= 4 is 11.9 Å². The molecule has 1 fully saturated rings. The van der Waals surface area contributed by atoms with Crippen LogP contribution in [0.25, 0.3) is 0 Å². The van der Waals surface area contributed by atoms with E-state index in [-0.39, 0.29) is 30.4 Å². The van der Waals surface area contributed by atoms with Gasteiger partial charge in [0.25, 0.3) is 0 Å². The predicted octanol–water partition coefficient (Wildman–Crippen LogP) is 0.951. The molecule has 108 valence electrons. The van der Waals surface area contributed by atoms with Crippen molar-refractivity contribution in [1.29, 1.82) is 0 Å². The highest BCUT2D eigenvalue weighted by Gasteiger charge is 2.34. The minimum atomic E-state index is -0.546. The average Bonchev–Trinajstić information content (AvgIpc) is 2.88. The van der Waals surface area contributed by atoms with E-state index in [1.54, 1.807) is 7.05 Å². The second kappa shape index (κ2) is 7.28. The van der Waals surface area contributed by atoms with Crippen molar-refractivity contribution in [1.82, 2.24) is 10.2 Å². The lowest BCUT2D eigenvalue weighted by molar-refractivity contribution is -0.155. The van der Waals surface area contributed by atoms with Crippen LogP contribution in [-0.4, -0.2) is 49.1 Å². The standard InChI is InChI=1S/C14H24N2O3/c1-5-9-19-14(18)12(10(2)3)16(4)13(17)11-7-6-8-15-11/h5,10-12,15H,1,6-9H2,2-4H3/t11-,12-/m0/s1. The van der Waals surface area contributed by atoms with E-state index in [0.717, 1.165) is 19.4 Å². The quantitative estimate of drug-likeness (QED) is 0.575. The molecule has 1 saturated heterocycles. The van der Waals surface area contributed by atoms with E-state index in [4.69, 9.17) is 4.74 Å². The Morgan fingerprint density at radius 1 is 1.53 bits per heavy atom. The van der Waals surface area contributed by atoms with E-state index in [0.29, 0.717) is 0 Å². The number of ether oxygens (including phenoxy) is 1. The highest BCUT2D eigenvalue weighted by Crippen LogP contribution is 2.15. The Hall–Kier alpha value is -1.36. The molecule has 0 unspecified atom stereocenters. The molecule has 1 amide bonds. The van der Waals surface area contributed by atoms with Gasteiger partial charge in [-0.1, -0.05) is 26.5 Å². The minimum Gasteiger partial charge on any atom is -0.460 e. The number of nitrogens with zero attached hydrogens (tertiary/aromatic N) is 1. The summed E-state index contributed by atoms with van der Waals surface area (Å²) in [6.45, 7) is 8.36. The topological polar surface area (TPSA) is 58.6 Å². The molecule has 19 heavy (non-hydrogen) atoms. The third-order valence-corrected chi connectivity index (χ3v) is 3.34. The molecule has 0 bridgehead atoms. The second-order valence-electron chi connectivity index (χ2n) is 5.21. The zero-order valence-electron chi connectivity index (χ0n) is 12.0. The molecule has 1 rings (SSSR count). The third-order valence-electron chi connectivity index (χ3n) is 3.34. The van der Waals surface area contributed by atoms with Gasteiger partial charge >= 0.3 is 5.97 Å². The van der Waals surface area contributed by atoms with Gasteiger partial charge in [-0.15, -0.1) is 0 Å². The first-order valence-corrected chi connectivity index (χ1v) is 6.76. The summed E-state index contributed by atoms with van der Waals surface area (Å²) in [4.78, 5) is 25.8. The molecule has 0 aromatic rings. The molecule has 1 heterocycles. The Kier molecular flexibility index (Phi) is 6.02. The van der Waals surface area contributed by atoms with E-state index < -0.39 is 6.04 Å². The zero-order chi connectivity index (χ0) is 14.4. The molecular weight excluding hydrogens is 244 g/mol. The molecule has 0 radical (unpaired) electrons. The van der Waals surface area contributed by atoms with Crippen LogP contribution in [0.2, 0.25) is 0 Å². The van der Waals surface area contributed by atoms with Crippen LogP contribution in [0.3, 0.4) is 0 Å². The van der Waals surface area contributed by atoms with Crippen LogP contribution in [0.1, 0.15) is 26.7 Å².